The minimum atomic E-state index is -0.308. The van der Waals surface area contributed by atoms with Crippen molar-refractivity contribution in [2.45, 2.75) is 53.1 Å². The van der Waals surface area contributed by atoms with Crippen LogP contribution in [0.4, 0.5) is 0 Å². The zero-order valence-electron chi connectivity index (χ0n) is 17.8. The second-order valence-electron chi connectivity index (χ2n) is 9.21. The molecule has 158 valence electrons. The lowest BCUT2D eigenvalue weighted by Gasteiger charge is -2.58. The molecular weight excluding hydrogens is 368 g/mol. The van der Waals surface area contributed by atoms with Crippen LogP contribution in [0.25, 0.3) is 0 Å². The predicted molar refractivity (Wildman–Crippen MR) is 110 cm³/mol. The van der Waals surface area contributed by atoms with Crippen LogP contribution in [0.3, 0.4) is 0 Å². The van der Waals surface area contributed by atoms with Crippen molar-refractivity contribution in [3.63, 3.8) is 0 Å². The molecule has 5 heteroatoms. The number of carbonyl (C=O) groups excluding carboxylic acids is 2. The number of rotatable bonds is 5. The smallest absolute Gasteiger partial charge is 0.338 e. The van der Waals surface area contributed by atoms with Gasteiger partial charge in [0, 0.05) is 18.3 Å². The standard InChI is InChI=1S/C24H32O5/c1-16(26)28-15-19-18(14-25)10-11-20-23(2,3)21(12-13-24(19,20)4)29-22(27)17-8-6-5-7-9-17/h5-10,19-21,25H,11-15H2,1-4H3/t19-,20-,21-,24+/m0/s1. The van der Waals surface area contributed by atoms with Crippen LogP contribution in [0, 0.1) is 22.7 Å². The van der Waals surface area contributed by atoms with E-state index in [0.717, 1.165) is 24.8 Å². The van der Waals surface area contributed by atoms with Crippen molar-refractivity contribution in [1.82, 2.24) is 0 Å². The van der Waals surface area contributed by atoms with E-state index < -0.39 is 0 Å². The van der Waals surface area contributed by atoms with Crippen LogP contribution in [0.2, 0.25) is 0 Å². The van der Waals surface area contributed by atoms with Crippen molar-refractivity contribution >= 4 is 11.9 Å². The van der Waals surface area contributed by atoms with Gasteiger partial charge in [-0.2, -0.15) is 0 Å². The molecule has 2 aliphatic carbocycles. The minimum absolute atomic E-state index is 0.0267. The Labute approximate surface area is 173 Å². The van der Waals surface area contributed by atoms with Gasteiger partial charge >= 0.3 is 11.9 Å². The Morgan fingerprint density at radius 2 is 1.86 bits per heavy atom. The third kappa shape index (κ3) is 4.11. The van der Waals surface area contributed by atoms with Crippen LogP contribution in [0.5, 0.6) is 0 Å². The van der Waals surface area contributed by atoms with Gasteiger partial charge in [-0.1, -0.05) is 45.0 Å². The molecule has 0 aromatic heterocycles. The fourth-order valence-electron chi connectivity index (χ4n) is 5.54. The average Bonchev–Trinajstić information content (AvgIpc) is 2.69. The molecule has 0 radical (unpaired) electrons. The molecule has 29 heavy (non-hydrogen) atoms. The molecule has 1 aromatic carbocycles. The number of allylic oxidation sites excluding steroid dienone is 1. The second-order valence-corrected chi connectivity index (χ2v) is 9.21. The highest BCUT2D eigenvalue weighted by Crippen LogP contribution is 2.60. The van der Waals surface area contributed by atoms with Crippen molar-refractivity contribution in [3.05, 3.63) is 47.5 Å². The molecule has 2 aliphatic rings. The van der Waals surface area contributed by atoms with Gasteiger partial charge in [0.2, 0.25) is 0 Å². The lowest BCUT2D eigenvalue weighted by Crippen LogP contribution is -2.56. The topological polar surface area (TPSA) is 72.8 Å². The molecule has 0 unspecified atom stereocenters. The van der Waals surface area contributed by atoms with Crippen molar-refractivity contribution in [3.8, 4) is 0 Å². The third-order valence-corrected chi connectivity index (χ3v) is 7.22. The number of aliphatic hydroxyl groups excluding tert-OH is 1. The SMILES string of the molecule is CC(=O)OC[C@H]1C(CO)=CC[C@H]2C(C)(C)[C@@H](OC(=O)c3ccccc3)CC[C@]12C. The molecule has 1 fully saturated rings. The van der Waals surface area contributed by atoms with Gasteiger partial charge < -0.3 is 14.6 Å². The van der Waals surface area contributed by atoms with E-state index in [9.17, 15) is 14.7 Å². The molecule has 0 amide bonds. The zero-order valence-corrected chi connectivity index (χ0v) is 17.8. The van der Waals surface area contributed by atoms with Crippen molar-refractivity contribution in [1.29, 1.82) is 0 Å². The largest absolute Gasteiger partial charge is 0.465 e. The fraction of sp³-hybridized carbons (Fsp3) is 0.583. The first-order valence-corrected chi connectivity index (χ1v) is 10.4. The summed E-state index contributed by atoms with van der Waals surface area (Å²) >= 11 is 0. The highest BCUT2D eigenvalue weighted by molar-refractivity contribution is 5.89. The van der Waals surface area contributed by atoms with Gasteiger partial charge in [0.1, 0.15) is 6.10 Å². The van der Waals surface area contributed by atoms with Crippen LogP contribution in [-0.4, -0.2) is 36.4 Å². The van der Waals surface area contributed by atoms with Gasteiger partial charge in [0.05, 0.1) is 18.8 Å². The summed E-state index contributed by atoms with van der Waals surface area (Å²) in [5, 5.41) is 9.88. The first-order chi connectivity index (χ1) is 13.7. The molecule has 4 atom stereocenters. The summed E-state index contributed by atoms with van der Waals surface area (Å²) in [5.41, 5.74) is 1.13. The molecule has 5 nitrogen and oxygen atoms in total. The Bertz CT molecular complexity index is 782. The summed E-state index contributed by atoms with van der Waals surface area (Å²) in [6.07, 6.45) is 4.30. The maximum absolute atomic E-state index is 12.7. The number of ether oxygens (including phenoxy) is 2. The van der Waals surface area contributed by atoms with Gasteiger partial charge in [-0.3, -0.25) is 4.79 Å². The van der Waals surface area contributed by atoms with Gasteiger partial charge in [-0.25, -0.2) is 4.79 Å². The lowest BCUT2D eigenvalue weighted by atomic mass is 9.48. The molecular formula is C24H32O5. The summed E-state index contributed by atoms with van der Waals surface area (Å²) in [7, 11) is 0. The number of carbonyl (C=O) groups is 2. The summed E-state index contributed by atoms with van der Waals surface area (Å²) in [5.74, 6) is -0.378. The van der Waals surface area contributed by atoms with Crippen molar-refractivity contribution < 1.29 is 24.2 Å². The molecule has 0 saturated heterocycles. The van der Waals surface area contributed by atoms with E-state index in [-0.39, 0.29) is 53.9 Å². The molecule has 1 N–H and O–H groups in total. The first-order valence-electron chi connectivity index (χ1n) is 10.4. The number of esters is 2. The van der Waals surface area contributed by atoms with Crippen LogP contribution in [0.1, 0.15) is 57.3 Å². The molecule has 1 aromatic rings. The van der Waals surface area contributed by atoms with Gasteiger partial charge in [-0.05, 0) is 48.3 Å². The number of hydrogen-bond acceptors (Lipinski definition) is 5. The molecule has 0 bridgehead atoms. The molecule has 0 aliphatic heterocycles. The van der Waals surface area contributed by atoms with Gasteiger partial charge in [0.25, 0.3) is 0 Å². The number of hydrogen-bond donors (Lipinski definition) is 1. The van der Waals surface area contributed by atoms with E-state index in [1.165, 1.54) is 6.92 Å². The Balaban J connectivity index is 1.84. The van der Waals surface area contributed by atoms with Crippen LogP contribution in [-0.2, 0) is 14.3 Å². The highest BCUT2D eigenvalue weighted by atomic mass is 16.5. The Kier molecular flexibility index (Phi) is 6.18. The van der Waals surface area contributed by atoms with Crippen molar-refractivity contribution in [2.75, 3.05) is 13.2 Å². The Morgan fingerprint density at radius 1 is 1.17 bits per heavy atom. The van der Waals surface area contributed by atoms with Gasteiger partial charge in [0.15, 0.2) is 0 Å². The average molecular weight is 401 g/mol. The van der Waals surface area contributed by atoms with E-state index >= 15 is 0 Å². The fourth-order valence-corrected chi connectivity index (χ4v) is 5.54. The van der Waals surface area contributed by atoms with E-state index in [2.05, 4.69) is 26.8 Å². The Morgan fingerprint density at radius 3 is 2.48 bits per heavy atom. The maximum Gasteiger partial charge on any atom is 0.338 e. The normalized spacial score (nSPS) is 30.7. The summed E-state index contributed by atoms with van der Waals surface area (Å²) < 4.78 is 11.3. The number of fused-ring (bicyclic) bond motifs is 1. The Hall–Kier alpha value is -2.14. The van der Waals surface area contributed by atoms with E-state index in [1.807, 2.05) is 18.2 Å². The van der Waals surface area contributed by atoms with E-state index in [0.29, 0.717) is 5.56 Å². The van der Waals surface area contributed by atoms with E-state index in [4.69, 9.17) is 9.47 Å². The lowest BCUT2D eigenvalue weighted by molar-refractivity contribution is -0.151. The number of benzene rings is 1. The minimum Gasteiger partial charge on any atom is -0.465 e. The monoisotopic (exact) mass is 400 g/mol. The number of aliphatic hydroxyl groups is 1. The first kappa shape index (κ1) is 21.6. The summed E-state index contributed by atoms with van der Waals surface area (Å²) in [6.45, 7) is 8.22. The molecule has 1 saturated carbocycles. The zero-order chi connectivity index (χ0) is 21.2. The van der Waals surface area contributed by atoms with Gasteiger partial charge in [-0.15, -0.1) is 0 Å². The van der Waals surface area contributed by atoms with E-state index in [1.54, 1.807) is 12.1 Å². The maximum atomic E-state index is 12.7. The molecule has 3 rings (SSSR count). The second kappa shape index (κ2) is 8.31. The quantitative estimate of drug-likeness (QED) is 0.594. The highest BCUT2D eigenvalue weighted by Gasteiger charge is 2.57. The molecule has 0 spiro atoms. The van der Waals surface area contributed by atoms with Crippen LogP contribution in [0.15, 0.2) is 42.0 Å². The predicted octanol–water partition coefficient (Wildman–Crippen LogP) is 4.16. The van der Waals surface area contributed by atoms with Crippen molar-refractivity contribution in [2.24, 2.45) is 22.7 Å². The molecule has 0 heterocycles. The summed E-state index contributed by atoms with van der Waals surface area (Å²) in [4.78, 5) is 24.1. The summed E-state index contributed by atoms with van der Waals surface area (Å²) in [6, 6.07) is 9.09. The van der Waals surface area contributed by atoms with Crippen LogP contribution < -0.4 is 0 Å². The third-order valence-electron chi connectivity index (χ3n) is 7.22. The van der Waals surface area contributed by atoms with Crippen LogP contribution >= 0.6 is 0 Å².